The lowest BCUT2D eigenvalue weighted by atomic mass is 10.2. The van der Waals surface area contributed by atoms with E-state index in [2.05, 4.69) is 0 Å². The molecule has 0 atom stereocenters. The second-order valence-corrected chi connectivity index (χ2v) is 6.07. The van der Waals surface area contributed by atoms with Gasteiger partial charge in [0.05, 0.1) is 11.0 Å². The molecule has 0 saturated carbocycles. The lowest BCUT2D eigenvalue weighted by Gasteiger charge is -2.11. The molecule has 3 nitrogen and oxygen atoms in total. The van der Waals surface area contributed by atoms with E-state index in [0.717, 1.165) is 0 Å². The average molecular weight is 249 g/mol. The van der Waals surface area contributed by atoms with Crippen molar-refractivity contribution >= 4 is 19.7 Å². The van der Waals surface area contributed by atoms with Crippen LogP contribution in [0, 0.1) is 6.92 Å². The Balaban J connectivity index is 3.18. The summed E-state index contributed by atoms with van der Waals surface area (Å²) < 4.78 is 27.8. The maximum absolute atomic E-state index is 11.2. The molecule has 0 aromatic heterocycles. The predicted molar refractivity (Wildman–Crippen MR) is 60.0 cm³/mol. The monoisotopic (exact) mass is 248 g/mol. The summed E-state index contributed by atoms with van der Waals surface area (Å²) in [5, 5.41) is 0. The van der Waals surface area contributed by atoms with Crippen LogP contribution < -0.4 is 4.74 Å². The summed E-state index contributed by atoms with van der Waals surface area (Å²) in [6.07, 6.45) is -0.00131. The third kappa shape index (κ3) is 3.39. The molecule has 0 spiro atoms. The number of hydrogen-bond donors (Lipinski definition) is 0. The summed E-state index contributed by atoms with van der Waals surface area (Å²) in [6, 6.07) is 4.84. The minimum Gasteiger partial charge on any atom is -0.491 e. The van der Waals surface area contributed by atoms with Crippen LogP contribution in [0.5, 0.6) is 5.75 Å². The molecule has 1 aromatic rings. The Labute approximate surface area is 94.4 Å². The number of ether oxygens (including phenoxy) is 1. The predicted octanol–water partition coefficient (Wildman–Crippen LogP) is 2.71. The molecule has 0 fully saturated rings. The van der Waals surface area contributed by atoms with Gasteiger partial charge in [-0.05, 0) is 32.4 Å². The van der Waals surface area contributed by atoms with Crippen molar-refractivity contribution < 1.29 is 13.2 Å². The molecule has 5 heteroatoms. The summed E-state index contributed by atoms with van der Waals surface area (Å²) in [6.45, 7) is 5.43. The zero-order valence-corrected chi connectivity index (χ0v) is 10.4. The van der Waals surface area contributed by atoms with Crippen molar-refractivity contribution in [3.05, 3.63) is 23.8 Å². The van der Waals surface area contributed by atoms with Crippen LogP contribution in [0.4, 0.5) is 0 Å². The van der Waals surface area contributed by atoms with Crippen molar-refractivity contribution in [2.45, 2.75) is 31.8 Å². The van der Waals surface area contributed by atoms with E-state index < -0.39 is 9.05 Å². The molecule has 0 bridgehead atoms. The van der Waals surface area contributed by atoms with E-state index in [1.807, 2.05) is 13.8 Å². The van der Waals surface area contributed by atoms with Crippen molar-refractivity contribution in [1.82, 2.24) is 0 Å². The van der Waals surface area contributed by atoms with Gasteiger partial charge < -0.3 is 4.74 Å². The fraction of sp³-hybridized carbons (Fsp3) is 0.400. The smallest absolute Gasteiger partial charge is 0.261 e. The van der Waals surface area contributed by atoms with Crippen molar-refractivity contribution in [3.8, 4) is 5.75 Å². The summed E-state index contributed by atoms with van der Waals surface area (Å²) >= 11 is 0. The average Bonchev–Trinajstić information content (AvgIpc) is 2.05. The van der Waals surface area contributed by atoms with Gasteiger partial charge >= 0.3 is 0 Å². The molecule has 84 valence electrons. The van der Waals surface area contributed by atoms with Crippen LogP contribution in [-0.4, -0.2) is 14.5 Å². The second-order valence-electron chi connectivity index (χ2n) is 3.53. The molecule has 0 amide bonds. The SMILES string of the molecule is Cc1ccc(OC(C)C)cc1S(=O)(=O)Cl. The Morgan fingerprint density at radius 2 is 1.93 bits per heavy atom. The van der Waals surface area contributed by atoms with Gasteiger partial charge in [-0.2, -0.15) is 0 Å². The van der Waals surface area contributed by atoms with Gasteiger partial charge in [0, 0.05) is 16.7 Å². The summed E-state index contributed by atoms with van der Waals surface area (Å²) in [4.78, 5) is 0.0994. The molecule has 0 aliphatic rings. The minimum atomic E-state index is -3.70. The number of benzene rings is 1. The highest BCUT2D eigenvalue weighted by atomic mass is 35.7. The molecule has 1 rings (SSSR count). The molecule has 0 saturated heterocycles. The van der Waals surface area contributed by atoms with Gasteiger partial charge in [0.2, 0.25) is 0 Å². The van der Waals surface area contributed by atoms with E-state index in [4.69, 9.17) is 15.4 Å². The zero-order chi connectivity index (χ0) is 11.6. The molecule has 0 N–H and O–H groups in total. The first-order valence-corrected chi connectivity index (χ1v) is 6.83. The zero-order valence-electron chi connectivity index (χ0n) is 8.82. The lowest BCUT2D eigenvalue weighted by molar-refractivity contribution is 0.242. The maximum atomic E-state index is 11.2. The van der Waals surface area contributed by atoms with Crippen LogP contribution in [0.15, 0.2) is 23.1 Å². The third-order valence-electron chi connectivity index (χ3n) is 1.79. The van der Waals surface area contributed by atoms with Gasteiger partial charge in [-0.1, -0.05) is 6.07 Å². The first kappa shape index (κ1) is 12.3. The molecule has 0 radical (unpaired) electrons. The van der Waals surface area contributed by atoms with E-state index in [1.165, 1.54) is 6.07 Å². The molecular weight excluding hydrogens is 236 g/mol. The quantitative estimate of drug-likeness (QED) is 0.773. The highest BCUT2D eigenvalue weighted by Crippen LogP contribution is 2.25. The normalized spacial score (nSPS) is 11.8. The molecule has 15 heavy (non-hydrogen) atoms. The van der Waals surface area contributed by atoms with Gasteiger partial charge in [-0.25, -0.2) is 8.42 Å². The first-order chi connectivity index (χ1) is 6.80. The van der Waals surface area contributed by atoms with Crippen molar-refractivity contribution in [1.29, 1.82) is 0 Å². The Kier molecular flexibility index (Phi) is 3.62. The van der Waals surface area contributed by atoms with Crippen molar-refractivity contribution in [3.63, 3.8) is 0 Å². The summed E-state index contributed by atoms with van der Waals surface area (Å²) in [5.74, 6) is 0.509. The number of aryl methyl sites for hydroxylation is 1. The molecule has 0 aliphatic heterocycles. The fourth-order valence-corrected chi connectivity index (χ4v) is 2.40. The van der Waals surface area contributed by atoms with Crippen LogP contribution in [0.25, 0.3) is 0 Å². The Morgan fingerprint density at radius 1 is 1.33 bits per heavy atom. The van der Waals surface area contributed by atoms with Crippen LogP contribution in [0.1, 0.15) is 19.4 Å². The second kappa shape index (κ2) is 4.41. The number of hydrogen-bond acceptors (Lipinski definition) is 3. The topological polar surface area (TPSA) is 43.4 Å². The third-order valence-corrected chi connectivity index (χ3v) is 3.26. The summed E-state index contributed by atoms with van der Waals surface area (Å²) in [5.41, 5.74) is 0.612. The molecule has 0 heterocycles. The van der Waals surface area contributed by atoms with E-state index in [9.17, 15) is 8.42 Å². The van der Waals surface area contributed by atoms with E-state index >= 15 is 0 Å². The number of halogens is 1. The van der Waals surface area contributed by atoms with Crippen LogP contribution in [-0.2, 0) is 9.05 Å². The largest absolute Gasteiger partial charge is 0.491 e. The van der Waals surface area contributed by atoms with Gasteiger partial charge in [0.1, 0.15) is 5.75 Å². The van der Waals surface area contributed by atoms with Crippen molar-refractivity contribution in [2.24, 2.45) is 0 Å². The molecule has 1 aromatic carbocycles. The van der Waals surface area contributed by atoms with E-state index in [-0.39, 0.29) is 11.0 Å². The van der Waals surface area contributed by atoms with Gasteiger partial charge in [0.15, 0.2) is 0 Å². The van der Waals surface area contributed by atoms with Gasteiger partial charge in [0.25, 0.3) is 9.05 Å². The van der Waals surface area contributed by atoms with Crippen LogP contribution in [0.2, 0.25) is 0 Å². The lowest BCUT2D eigenvalue weighted by Crippen LogP contribution is -2.06. The van der Waals surface area contributed by atoms with Crippen molar-refractivity contribution in [2.75, 3.05) is 0 Å². The van der Waals surface area contributed by atoms with Crippen LogP contribution >= 0.6 is 10.7 Å². The number of rotatable bonds is 3. The Bertz CT molecular complexity index is 452. The standard InChI is InChI=1S/C10H13ClO3S/c1-7(2)14-9-5-4-8(3)10(6-9)15(11,12)13/h4-7H,1-3H3. The van der Waals surface area contributed by atoms with Crippen LogP contribution in [0.3, 0.4) is 0 Å². The minimum absolute atomic E-state index is 0.00131. The molecule has 0 unspecified atom stereocenters. The Hall–Kier alpha value is -0.740. The van der Waals surface area contributed by atoms with Gasteiger partial charge in [-0.3, -0.25) is 0 Å². The first-order valence-electron chi connectivity index (χ1n) is 4.52. The molecule has 0 aliphatic carbocycles. The van der Waals surface area contributed by atoms with Gasteiger partial charge in [-0.15, -0.1) is 0 Å². The summed E-state index contributed by atoms with van der Waals surface area (Å²) in [7, 11) is 1.59. The highest BCUT2D eigenvalue weighted by molar-refractivity contribution is 8.13. The maximum Gasteiger partial charge on any atom is 0.261 e. The Morgan fingerprint density at radius 3 is 2.40 bits per heavy atom. The fourth-order valence-electron chi connectivity index (χ4n) is 1.19. The molecular formula is C10H13ClO3S. The highest BCUT2D eigenvalue weighted by Gasteiger charge is 2.14. The van der Waals surface area contributed by atoms with E-state index in [0.29, 0.717) is 11.3 Å². The van der Waals surface area contributed by atoms with E-state index in [1.54, 1.807) is 19.1 Å².